The summed E-state index contributed by atoms with van der Waals surface area (Å²) >= 11 is 0. The predicted molar refractivity (Wildman–Crippen MR) is 305 cm³/mol. The number of carbonyl (C=O) groups excluding carboxylic acids is 10. The van der Waals surface area contributed by atoms with Crippen molar-refractivity contribution in [2.24, 2.45) is 23.5 Å². The van der Waals surface area contributed by atoms with Crippen LogP contribution in [0.3, 0.4) is 0 Å². The molecule has 21 nitrogen and oxygen atoms in total. The zero-order valence-corrected chi connectivity index (χ0v) is 49.2. The Hall–Kier alpha value is -7.06. The molecule has 2 aliphatic heterocycles. The fraction of sp³-hybridized carbons (Fsp3) is 0.633. The van der Waals surface area contributed by atoms with Crippen molar-refractivity contribution in [3.63, 3.8) is 0 Å². The van der Waals surface area contributed by atoms with Gasteiger partial charge in [0.15, 0.2) is 0 Å². The number of hydrogen-bond donors (Lipinski definition) is 6. The molecule has 2 saturated heterocycles. The number of nitrogens with one attached hydrogen (secondary N) is 4. The number of benzene rings is 2. The van der Waals surface area contributed by atoms with E-state index in [1.165, 1.54) is 33.8 Å². The van der Waals surface area contributed by atoms with Gasteiger partial charge in [-0.25, -0.2) is 4.79 Å². The number of likely N-dealkylation sites (tertiary alicyclic amines) is 2. The van der Waals surface area contributed by atoms with Crippen molar-refractivity contribution >= 4 is 59.1 Å². The van der Waals surface area contributed by atoms with Gasteiger partial charge in [0.25, 0.3) is 0 Å². The van der Waals surface area contributed by atoms with Crippen molar-refractivity contribution in [3.05, 3.63) is 65.7 Å². The van der Waals surface area contributed by atoms with E-state index in [0.717, 1.165) is 17.5 Å². The molecular formula is C60H91N9O12. The van der Waals surface area contributed by atoms with Gasteiger partial charge in [0.2, 0.25) is 53.2 Å². The Kier molecular flexibility index (Phi) is 27.1. The lowest BCUT2D eigenvalue weighted by atomic mass is 9.95. The maximum Gasteiger partial charge on any atom is 0.328 e. The van der Waals surface area contributed by atoms with Crippen LogP contribution in [0.5, 0.6) is 5.75 Å². The van der Waals surface area contributed by atoms with Gasteiger partial charge in [-0.1, -0.05) is 96.8 Å². The van der Waals surface area contributed by atoms with Crippen molar-refractivity contribution < 1.29 is 57.8 Å². The molecule has 21 heteroatoms. The second-order valence-corrected chi connectivity index (χ2v) is 22.6. The number of hydrogen-bond acceptors (Lipinski definition) is 12. The molecule has 0 bridgehead atoms. The number of ether oxygens (including phenoxy) is 1. The summed E-state index contributed by atoms with van der Waals surface area (Å²) in [5.41, 5.74) is 7.38. The first-order chi connectivity index (χ1) is 38.5. The van der Waals surface area contributed by atoms with Crippen LogP contribution in [0.15, 0.2) is 54.6 Å². The Bertz CT molecular complexity index is 2440. The minimum Gasteiger partial charge on any atom is -0.508 e. The van der Waals surface area contributed by atoms with Crippen LogP contribution >= 0.6 is 0 Å². The van der Waals surface area contributed by atoms with Crippen LogP contribution in [0.2, 0.25) is 0 Å². The Morgan fingerprint density at radius 3 is 1.91 bits per heavy atom. The Morgan fingerprint density at radius 1 is 0.691 bits per heavy atom. The molecule has 9 amide bonds. The van der Waals surface area contributed by atoms with Crippen LogP contribution in [-0.2, 0) is 65.5 Å². The van der Waals surface area contributed by atoms with Gasteiger partial charge in [-0.3, -0.25) is 43.2 Å². The zero-order valence-electron chi connectivity index (χ0n) is 49.2. The number of nitrogens with zero attached hydrogens (tertiary/aromatic N) is 4. The van der Waals surface area contributed by atoms with E-state index in [2.05, 4.69) is 21.3 Å². The molecule has 4 rings (SSSR count). The molecule has 448 valence electrons. The molecule has 2 aromatic carbocycles. The number of esters is 1. The van der Waals surface area contributed by atoms with Crippen molar-refractivity contribution in [1.82, 2.24) is 40.9 Å². The minimum atomic E-state index is -1.36. The number of primary amides is 1. The molecule has 2 fully saturated rings. The smallest absolute Gasteiger partial charge is 0.328 e. The van der Waals surface area contributed by atoms with Crippen molar-refractivity contribution in [2.75, 3.05) is 40.8 Å². The summed E-state index contributed by atoms with van der Waals surface area (Å²) in [6.45, 7) is 11.8. The second-order valence-electron chi connectivity index (χ2n) is 22.6. The predicted octanol–water partition coefficient (Wildman–Crippen LogP) is 3.91. The Labute approximate surface area is 478 Å². The number of nitrogens with two attached hydrogens (primary N) is 1. The summed E-state index contributed by atoms with van der Waals surface area (Å²) in [4.78, 5) is 143. The van der Waals surface area contributed by atoms with E-state index < -0.39 is 101 Å². The number of unbranched alkanes of at least 4 members (excludes halogenated alkanes) is 2. The van der Waals surface area contributed by atoms with Gasteiger partial charge in [-0.05, 0) is 105 Å². The van der Waals surface area contributed by atoms with Gasteiger partial charge < -0.3 is 56.4 Å². The highest BCUT2D eigenvalue weighted by Crippen LogP contribution is 2.27. The molecule has 2 heterocycles. The molecule has 0 saturated carbocycles. The van der Waals surface area contributed by atoms with Gasteiger partial charge in [0, 0.05) is 59.4 Å². The molecule has 7 N–H and O–H groups in total. The summed E-state index contributed by atoms with van der Waals surface area (Å²) < 4.78 is 5.00. The summed E-state index contributed by atoms with van der Waals surface area (Å²) in [5.74, 6) is -5.93. The lowest BCUT2D eigenvalue weighted by Gasteiger charge is -2.36. The first kappa shape index (κ1) is 66.5. The van der Waals surface area contributed by atoms with Gasteiger partial charge in [0.05, 0.1) is 7.11 Å². The van der Waals surface area contributed by atoms with E-state index in [1.807, 2.05) is 63.2 Å². The van der Waals surface area contributed by atoms with Crippen molar-refractivity contribution in [2.45, 2.75) is 187 Å². The average Bonchev–Trinajstić information content (AvgIpc) is 4.26. The third-order valence-electron chi connectivity index (χ3n) is 15.6. The van der Waals surface area contributed by atoms with Crippen molar-refractivity contribution in [3.8, 4) is 5.75 Å². The zero-order chi connectivity index (χ0) is 59.9. The lowest BCUT2D eigenvalue weighted by Crippen LogP contribution is -2.61. The topological polar surface area (TPSA) is 287 Å². The monoisotopic (exact) mass is 1130 g/mol. The molecule has 0 radical (unpaired) electrons. The third-order valence-corrected chi connectivity index (χ3v) is 15.6. The van der Waals surface area contributed by atoms with E-state index in [1.54, 1.807) is 40.0 Å². The number of carbonyl (C=O) groups is 10. The SMILES string of the molecule is CC[C@H](C)[C@H](NC(=O)[C@H](CC(C)C)N(C)C(=O)CCCCCNC(=O)CCCc1ccc(O)cc1)C(=O)N[C@@H](C(=O)N[C@@H](CCC(N)=O)C(=O)N1CCC[C@H]1C(=O)N(C)[C@@H](Cc1ccccc1)C(=O)N1CCC[C@H]1C(=O)OC)C(C)C. The van der Waals surface area contributed by atoms with Gasteiger partial charge >= 0.3 is 5.97 Å². The van der Waals surface area contributed by atoms with Crippen LogP contribution in [0.4, 0.5) is 0 Å². The number of rotatable bonds is 32. The molecular weight excluding hydrogens is 1040 g/mol. The van der Waals surface area contributed by atoms with Crippen molar-refractivity contribution in [1.29, 1.82) is 0 Å². The quantitative estimate of drug-likeness (QED) is 0.0449. The maximum absolute atomic E-state index is 14.7. The number of amides is 9. The maximum atomic E-state index is 14.7. The molecule has 2 aromatic rings. The first-order valence-electron chi connectivity index (χ1n) is 29.0. The van der Waals surface area contributed by atoms with E-state index in [4.69, 9.17) is 10.5 Å². The van der Waals surface area contributed by atoms with Gasteiger partial charge in [-0.15, -0.1) is 0 Å². The first-order valence-corrected chi connectivity index (χ1v) is 29.0. The van der Waals surface area contributed by atoms with E-state index in [9.17, 15) is 53.1 Å². The molecule has 8 atom stereocenters. The lowest BCUT2D eigenvalue weighted by molar-refractivity contribution is -0.155. The summed E-state index contributed by atoms with van der Waals surface area (Å²) in [5, 5.41) is 20.9. The van der Waals surface area contributed by atoms with E-state index in [-0.39, 0.29) is 62.1 Å². The third kappa shape index (κ3) is 20.2. The highest BCUT2D eigenvalue weighted by Gasteiger charge is 2.45. The van der Waals surface area contributed by atoms with E-state index in [0.29, 0.717) is 77.3 Å². The fourth-order valence-corrected chi connectivity index (χ4v) is 10.5. The number of phenolic OH excluding ortho intramolecular Hbond substituents is 1. The minimum absolute atomic E-state index is 0.00589. The van der Waals surface area contributed by atoms with Crippen LogP contribution in [-0.4, -0.2) is 167 Å². The largest absolute Gasteiger partial charge is 0.508 e. The standard InChI is InChI=1S/C60H91N9O12/c1-10-40(6)53(65-54(74)47(36-38(2)3)66(7)51(73)26-15-12-16-33-62-50(72)25-17-22-41-27-29-43(70)30-28-41)56(76)64-52(39(4)5)55(75)63-44(31-32-49(61)71)57(77)68-34-18-23-45(68)58(78)67(8)48(37-42-20-13-11-14-21-42)59(79)69-35-19-24-46(69)60(80)81-9/h11,13-14,20-21,27-30,38-40,44-48,52-53,70H,10,12,15-19,22-26,31-37H2,1-9H3,(H2,61,71)(H,62,72)(H,63,75)(H,64,76)(H,65,74)/t40-,44-,45-,46-,47-,48-,52+,53-/m0/s1. The summed E-state index contributed by atoms with van der Waals surface area (Å²) in [6, 6.07) is 8.49. The van der Waals surface area contributed by atoms with Gasteiger partial charge in [-0.2, -0.15) is 0 Å². The highest BCUT2D eigenvalue weighted by molar-refractivity contribution is 5.98. The Balaban J connectivity index is 1.42. The van der Waals surface area contributed by atoms with E-state index >= 15 is 0 Å². The number of aryl methyl sites for hydroxylation is 1. The normalized spacial score (nSPS) is 17.3. The summed E-state index contributed by atoms with van der Waals surface area (Å²) in [6.07, 6.45) is 5.83. The number of phenols is 1. The summed E-state index contributed by atoms with van der Waals surface area (Å²) in [7, 11) is 4.33. The fourth-order valence-electron chi connectivity index (χ4n) is 10.5. The van der Waals surface area contributed by atoms with Crippen LogP contribution in [0.1, 0.15) is 143 Å². The van der Waals surface area contributed by atoms with Crippen LogP contribution in [0.25, 0.3) is 0 Å². The second kappa shape index (κ2) is 33.0. The van der Waals surface area contributed by atoms with Crippen LogP contribution < -0.4 is 27.0 Å². The number of methoxy groups -OCH3 is 1. The Morgan fingerprint density at radius 2 is 1.31 bits per heavy atom. The number of likely N-dealkylation sites (N-methyl/N-ethyl adjacent to an activating group) is 2. The number of aromatic hydroxyl groups is 1. The highest BCUT2D eigenvalue weighted by atomic mass is 16.5. The van der Waals surface area contributed by atoms with Gasteiger partial charge in [0.1, 0.15) is 48.0 Å². The van der Waals surface area contributed by atoms with Crippen LogP contribution in [0, 0.1) is 17.8 Å². The molecule has 0 unspecified atom stereocenters. The molecule has 0 aliphatic carbocycles. The molecule has 81 heavy (non-hydrogen) atoms. The molecule has 2 aliphatic rings. The average molecular weight is 1130 g/mol. The molecule has 0 spiro atoms. The molecule has 0 aromatic heterocycles.